The van der Waals surface area contributed by atoms with Crippen molar-refractivity contribution >= 4 is 45.2 Å². The molecule has 0 aliphatic carbocycles. The summed E-state index contributed by atoms with van der Waals surface area (Å²) < 4.78 is 10.2. The van der Waals surface area contributed by atoms with Crippen LogP contribution in [0.25, 0.3) is 10.2 Å². The van der Waals surface area contributed by atoms with E-state index in [1.807, 2.05) is 18.4 Å². The summed E-state index contributed by atoms with van der Waals surface area (Å²) in [6, 6.07) is 6.55. The highest BCUT2D eigenvalue weighted by molar-refractivity contribution is 7.17. The lowest BCUT2D eigenvalue weighted by molar-refractivity contribution is -0.384. The maximum atomic E-state index is 11.6. The monoisotopic (exact) mass is 471 g/mol. The number of aromatic nitrogens is 2. The van der Waals surface area contributed by atoms with Crippen molar-refractivity contribution in [1.82, 2.24) is 9.97 Å². The van der Waals surface area contributed by atoms with Crippen LogP contribution >= 0.6 is 11.3 Å². The molecule has 1 aliphatic rings. The molecule has 33 heavy (non-hydrogen) atoms. The van der Waals surface area contributed by atoms with Crippen LogP contribution in [0.1, 0.15) is 30.9 Å². The Bertz CT molecular complexity index is 1160. The van der Waals surface area contributed by atoms with E-state index in [4.69, 9.17) is 19.4 Å². The van der Waals surface area contributed by atoms with Gasteiger partial charge in [0.2, 0.25) is 5.95 Å². The van der Waals surface area contributed by atoms with Crippen LogP contribution in [0.15, 0.2) is 29.6 Å². The maximum absolute atomic E-state index is 11.6. The number of ether oxygens (including phenoxy) is 2. The van der Waals surface area contributed by atoms with Crippen LogP contribution < -0.4 is 10.2 Å². The largest absolute Gasteiger partial charge is 0.508 e. The van der Waals surface area contributed by atoms with Crippen molar-refractivity contribution in [3.05, 3.63) is 50.9 Å². The fraction of sp³-hybridized carbons (Fsp3) is 0.409. The van der Waals surface area contributed by atoms with Crippen molar-refractivity contribution < 1.29 is 19.2 Å². The quantitative estimate of drug-likeness (QED) is 0.298. The number of fused-ring (bicyclic) bond motifs is 1. The zero-order valence-electron chi connectivity index (χ0n) is 18.4. The first kappa shape index (κ1) is 22.7. The highest BCUT2D eigenvalue weighted by Crippen LogP contribution is 2.32. The number of hydrogen-bond acceptors (Lipinski definition) is 10. The second-order valence-electron chi connectivity index (χ2n) is 7.74. The van der Waals surface area contributed by atoms with E-state index in [1.54, 1.807) is 30.4 Å². The number of non-ortho nitro benzene ring substituents is 1. The Labute approximate surface area is 194 Å². The number of rotatable bonds is 7. The minimum atomic E-state index is -0.629. The van der Waals surface area contributed by atoms with Gasteiger partial charge in [0.05, 0.1) is 16.9 Å². The first-order valence-electron chi connectivity index (χ1n) is 10.8. The second-order valence-corrected chi connectivity index (χ2v) is 8.60. The molecule has 0 spiro atoms. The fourth-order valence-corrected chi connectivity index (χ4v) is 4.69. The molecule has 0 atom stereocenters. The van der Waals surface area contributed by atoms with Crippen molar-refractivity contribution in [2.45, 2.75) is 39.3 Å². The van der Waals surface area contributed by atoms with Gasteiger partial charge >= 0.3 is 6.16 Å². The van der Waals surface area contributed by atoms with Gasteiger partial charge in [-0.2, -0.15) is 4.98 Å². The van der Waals surface area contributed by atoms with Crippen LogP contribution in [0.3, 0.4) is 0 Å². The van der Waals surface area contributed by atoms with E-state index in [1.165, 1.54) is 6.07 Å². The number of thiophene rings is 1. The van der Waals surface area contributed by atoms with E-state index in [2.05, 4.69) is 10.2 Å². The second kappa shape index (κ2) is 9.99. The number of nitro groups is 1. The summed E-state index contributed by atoms with van der Waals surface area (Å²) in [6.07, 6.45) is 0.523. The van der Waals surface area contributed by atoms with Crippen LogP contribution in [0, 0.1) is 17.0 Å². The van der Waals surface area contributed by atoms with Gasteiger partial charge in [0.15, 0.2) is 0 Å². The predicted molar refractivity (Wildman–Crippen MR) is 126 cm³/mol. The lowest BCUT2D eigenvalue weighted by Crippen LogP contribution is -2.39. The number of hydrogen-bond donors (Lipinski definition) is 1. The van der Waals surface area contributed by atoms with Crippen molar-refractivity contribution in [1.29, 1.82) is 0 Å². The van der Waals surface area contributed by atoms with Gasteiger partial charge in [-0.3, -0.25) is 10.1 Å². The van der Waals surface area contributed by atoms with E-state index in [-0.39, 0.29) is 18.4 Å². The molecule has 174 valence electrons. The molecule has 1 aromatic carbocycles. The average molecular weight is 472 g/mol. The molecule has 0 radical (unpaired) electrons. The van der Waals surface area contributed by atoms with Crippen molar-refractivity contribution in [2.75, 3.05) is 29.9 Å². The smallest absolute Gasteiger partial charge is 0.435 e. The van der Waals surface area contributed by atoms with E-state index in [0.29, 0.717) is 44.2 Å². The lowest BCUT2D eigenvalue weighted by atomic mass is 10.1. The molecule has 0 saturated carbocycles. The van der Waals surface area contributed by atoms with Crippen molar-refractivity contribution in [3.8, 4) is 0 Å². The van der Waals surface area contributed by atoms with Gasteiger partial charge in [-0.25, -0.2) is 9.78 Å². The fourth-order valence-electron chi connectivity index (χ4n) is 3.77. The summed E-state index contributed by atoms with van der Waals surface area (Å²) in [6.45, 7) is 5.76. The Morgan fingerprint density at radius 2 is 2.12 bits per heavy atom. The zero-order valence-corrected chi connectivity index (χ0v) is 19.3. The summed E-state index contributed by atoms with van der Waals surface area (Å²) in [5.41, 5.74) is 1.93. The molecule has 10 nitrogen and oxygen atoms in total. The van der Waals surface area contributed by atoms with Crippen LogP contribution in [-0.4, -0.2) is 46.8 Å². The van der Waals surface area contributed by atoms with Gasteiger partial charge in [0.25, 0.3) is 5.69 Å². The number of anilines is 2. The van der Waals surface area contributed by atoms with E-state index in [0.717, 1.165) is 21.3 Å². The summed E-state index contributed by atoms with van der Waals surface area (Å²) in [5, 5.41) is 17.4. The molecule has 3 heterocycles. The number of nitrogens with zero attached hydrogens (tertiary/aromatic N) is 4. The summed E-state index contributed by atoms with van der Waals surface area (Å²) in [5.74, 6) is 1.31. The highest BCUT2D eigenvalue weighted by Gasteiger charge is 2.25. The Hall–Kier alpha value is -3.47. The summed E-state index contributed by atoms with van der Waals surface area (Å²) in [4.78, 5) is 34.8. The number of nitrogens with one attached hydrogen (secondary N) is 1. The molecule has 1 aliphatic heterocycles. The minimum absolute atomic E-state index is 0.0578. The standard InChI is InChI=1S/C22H25N5O5S/c1-3-31-22(28)32-17-7-9-26(10-8-17)21-24-19(18-14(2)13-33-20(18)25-21)23-12-15-5-4-6-16(11-15)27(29)30/h4-6,11,13,17H,3,7-10,12H2,1-2H3,(H,23,24,25). The third-order valence-electron chi connectivity index (χ3n) is 5.44. The number of piperidine rings is 1. The number of nitro benzene ring substituents is 1. The molecule has 0 amide bonds. The number of carbonyl (C=O) groups excluding carboxylic acids is 1. The highest BCUT2D eigenvalue weighted by atomic mass is 32.1. The Balaban J connectivity index is 1.50. The maximum Gasteiger partial charge on any atom is 0.508 e. The van der Waals surface area contributed by atoms with Gasteiger partial charge in [-0.05, 0) is 30.4 Å². The zero-order chi connectivity index (χ0) is 23.4. The molecule has 2 aromatic heterocycles. The number of carbonyl (C=O) groups is 1. The van der Waals surface area contributed by atoms with Crippen LogP contribution in [0.2, 0.25) is 0 Å². The normalized spacial score (nSPS) is 14.3. The van der Waals surface area contributed by atoms with Gasteiger partial charge in [0.1, 0.15) is 16.8 Å². The molecular formula is C22H25N5O5S. The van der Waals surface area contributed by atoms with Gasteiger partial charge in [-0.15, -0.1) is 11.3 Å². The van der Waals surface area contributed by atoms with Crippen LogP contribution in [-0.2, 0) is 16.0 Å². The van der Waals surface area contributed by atoms with Gasteiger partial charge < -0.3 is 19.7 Å². The van der Waals surface area contributed by atoms with Crippen molar-refractivity contribution in [2.24, 2.45) is 0 Å². The summed E-state index contributed by atoms with van der Waals surface area (Å²) in [7, 11) is 0. The lowest BCUT2D eigenvalue weighted by Gasteiger charge is -2.31. The molecule has 4 rings (SSSR count). The molecule has 0 unspecified atom stereocenters. The third-order valence-corrected chi connectivity index (χ3v) is 6.43. The average Bonchev–Trinajstić information content (AvgIpc) is 3.19. The molecule has 1 fully saturated rings. The molecular weight excluding hydrogens is 446 g/mol. The van der Waals surface area contributed by atoms with Crippen LogP contribution in [0.5, 0.6) is 0 Å². The van der Waals surface area contributed by atoms with E-state index >= 15 is 0 Å². The van der Waals surface area contributed by atoms with Gasteiger partial charge in [-0.1, -0.05) is 12.1 Å². The van der Waals surface area contributed by atoms with E-state index in [9.17, 15) is 14.9 Å². The summed E-state index contributed by atoms with van der Waals surface area (Å²) >= 11 is 1.56. The molecule has 1 N–H and O–H groups in total. The topological polar surface area (TPSA) is 120 Å². The Morgan fingerprint density at radius 3 is 2.85 bits per heavy atom. The van der Waals surface area contributed by atoms with Crippen LogP contribution in [0.4, 0.5) is 22.2 Å². The molecule has 11 heteroatoms. The van der Waals surface area contributed by atoms with Gasteiger partial charge in [0, 0.05) is 44.6 Å². The SMILES string of the molecule is CCOC(=O)OC1CCN(c2nc(NCc3cccc([N+](=O)[O-])c3)c3c(C)csc3n2)CC1. The molecule has 3 aromatic rings. The molecule has 1 saturated heterocycles. The number of aryl methyl sites for hydroxylation is 1. The minimum Gasteiger partial charge on any atom is -0.435 e. The first-order chi connectivity index (χ1) is 15.9. The molecule has 0 bridgehead atoms. The number of benzene rings is 1. The third kappa shape index (κ3) is 5.30. The Morgan fingerprint density at radius 1 is 1.33 bits per heavy atom. The first-order valence-corrected chi connectivity index (χ1v) is 11.6. The van der Waals surface area contributed by atoms with E-state index < -0.39 is 11.1 Å². The predicted octanol–water partition coefficient (Wildman–Crippen LogP) is 4.66. The Kier molecular flexibility index (Phi) is 6.87. The van der Waals surface area contributed by atoms with Crippen molar-refractivity contribution in [3.63, 3.8) is 0 Å².